The van der Waals surface area contributed by atoms with Gasteiger partial charge in [-0.05, 0) is 50.7 Å². The number of nitrogens with zero attached hydrogens (tertiary/aromatic N) is 1. The van der Waals surface area contributed by atoms with Gasteiger partial charge < -0.3 is 15.0 Å². The van der Waals surface area contributed by atoms with Crippen LogP contribution in [0, 0.1) is 6.92 Å². The first kappa shape index (κ1) is 18.0. The molecule has 2 aromatic rings. The van der Waals surface area contributed by atoms with Crippen LogP contribution in [0.15, 0.2) is 54.6 Å². The van der Waals surface area contributed by atoms with E-state index in [0.717, 1.165) is 17.7 Å². The lowest BCUT2D eigenvalue weighted by molar-refractivity contribution is -0.123. The molecule has 0 aliphatic heterocycles. The minimum absolute atomic E-state index is 0.0366. The maximum absolute atomic E-state index is 12.0. The maximum Gasteiger partial charge on any atom is 0.257 e. The van der Waals surface area contributed by atoms with Crippen LogP contribution in [0.5, 0.6) is 5.75 Å². The van der Waals surface area contributed by atoms with Gasteiger partial charge in [0.25, 0.3) is 5.91 Å². The Morgan fingerprint density at radius 2 is 1.88 bits per heavy atom. The van der Waals surface area contributed by atoms with Crippen molar-refractivity contribution in [1.29, 1.82) is 0 Å². The van der Waals surface area contributed by atoms with Gasteiger partial charge in [0.1, 0.15) is 5.75 Å². The van der Waals surface area contributed by atoms with Crippen molar-refractivity contribution in [2.45, 2.75) is 19.4 Å². The number of likely N-dealkylation sites (N-methyl/N-ethyl adjacent to an activating group) is 1. The first-order valence-corrected chi connectivity index (χ1v) is 8.21. The van der Waals surface area contributed by atoms with E-state index < -0.39 is 0 Å². The van der Waals surface area contributed by atoms with E-state index in [-0.39, 0.29) is 18.6 Å². The van der Waals surface area contributed by atoms with Crippen LogP contribution in [0.25, 0.3) is 0 Å². The van der Waals surface area contributed by atoms with Crippen molar-refractivity contribution in [2.24, 2.45) is 0 Å². The SMILES string of the molecule is Cc1cccc(OCC(=O)NCC(Cc2ccccc2)N(C)C)c1. The Kier molecular flexibility index (Phi) is 6.82. The van der Waals surface area contributed by atoms with Crippen molar-refractivity contribution >= 4 is 5.91 Å². The number of amides is 1. The largest absolute Gasteiger partial charge is 0.484 e. The number of carbonyl (C=O) groups excluding carboxylic acids is 1. The summed E-state index contributed by atoms with van der Waals surface area (Å²) in [5, 5.41) is 2.96. The topological polar surface area (TPSA) is 41.6 Å². The highest BCUT2D eigenvalue weighted by atomic mass is 16.5. The molecule has 1 unspecified atom stereocenters. The second kappa shape index (κ2) is 9.08. The number of benzene rings is 2. The van der Waals surface area contributed by atoms with Crippen molar-refractivity contribution < 1.29 is 9.53 Å². The standard InChI is InChI=1S/C20H26N2O2/c1-16-8-7-11-19(12-16)24-15-20(23)21-14-18(22(2)3)13-17-9-5-4-6-10-17/h4-12,18H,13-15H2,1-3H3,(H,21,23). The van der Waals surface area contributed by atoms with Crippen molar-refractivity contribution in [1.82, 2.24) is 10.2 Å². The number of ether oxygens (including phenoxy) is 1. The number of aryl methyl sites for hydroxylation is 1. The molecule has 0 spiro atoms. The van der Waals surface area contributed by atoms with Crippen molar-refractivity contribution in [3.63, 3.8) is 0 Å². The summed E-state index contributed by atoms with van der Waals surface area (Å²) in [7, 11) is 4.06. The molecule has 0 aromatic heterocycles. The zero-order valence-electron chi connectivity index (χ0n) is 14.7. The van der Waals surface area contributed by atoms with Crippen LogP contribution < -0.4 is 10.1 Å². The molecule has 0 aliphatic carbocycles. The smallest absolute Gasteiger partial charge is 0.257 e. The lowest BCUT2D eigenvalue weighted by atomic mass is 10.1. The molecule has 1 amide bonds. The molecule has 0 radical (unpaired) electrons. The van der Waals surface area contributed by atoms with Crippen molar-refractivity contribution in [3.05, 3.63) is 65.7 Å². The molecule has 128 valence electrons. The molecule has 24 heavy (non-hydrogen) atoms. The van der Waals surface area contributed by atoms with E-state index in [1.165, 1.54) is 5.56 Å². The van der Waals surface area contributed by atoms with E-state index in [0.29, 0.717) is 6.54 Å². The summed E-state index contributed by atoms with van der Waals surface area (Å²) in [4.78, 5) is 14.2. The van der Waals surface area contributed by atoms with Gasteiger partial charge >= 0.3 is 0 Å². The zero-order valence-corrected chi connectivity index (χ0v) is 14.7. The third kappa shape index (κ3) is 6.05. The molecular weight excluding hydrogens is 300 g/mol. The Bertz CT molecular complexity index is 641. The van der Waals surface area contributed by atoms with Gasteiger partial charge in [-0.2, -0.15) is 0 Å². The minimum atomic E-state index is -0.101. The third-order valence-corrected chi connectivity index (χ3v) is 3.94. The van der Waals surface area contributed by atoms with Crippen LogP contribution in [-0.2, 0) is 11.2 Å². The van der Waals surface area contributed by atoms with Gasteiger partial charge in [0.15, 0.2) is 6.61 Å². The van der Waals surface area contributed by atoms with Gasteiger partial charge in [-0.15, -0.1) is 0 Å². The summed E-state index contributed by atoms with van der Waals surface area (Å²) in [6.07, 6.45) is 0.896. The Hall–Kier alpha value is -2.33. The van der Waals surface area contributed by atoms with Gasteiger partial charge in [0.2, 0.25) is 0 Å². The number of rotatable bonds is 8. The van der Waals surface area contributed by atoms with Crippen LogP contribution in [0.1, 0.15) is 11.1 Å². The lowest BCUT2D eigenvalue weighted by Crippen LogP contribution is -2.42. The second-order valence-electron chi connectivity index (χ2n) is 6.22. The molecule has 2 aromatic carbocycles. The van der Waals surface area contributed by atoms with E-state index in [1.807, 2.05) is 63.5 Å². The van der Waals surface area contributed by atoms with Crippen LogP contribution >= 0.6 is 0 Å². The van der Waals surface area contributed by atoms with Crippen molar-refractivity contribution in [3.8, 4) is 5.75 Å². The van der Waals surface area contributed by atoms with E-state index in [4.69, 9.17) is 4.74 Å². The van der Waals surface area contributed by atoms with E-state index in [9.17, 15) is 4.79 Å². The van der Waals surface area contributed by atoms with Gasteiger partial charge in [-0.25, -0.2) is 0 Å². The molecular formula is C20H26N2O2. The van der Waals surface area contributed by atoms with Crippen LogP contribution in [-0.4, -0.2) is 44.1 Å². The first-order valence-electron chi connectivity index (χ1n) is 8.21. The maximum atomic E-state index is 12.0. The zero-order chi connectivity index (χ0) is 17.4. The normalized spacial score (nSPS) is 12.0. The summed E-state index contributed by atoms with van der Waals surface area (Å²) >= 11 is 0. The molecule has 0 heterocycles. The highest BCUT2D eigenvalue weighted by Gasteiger charge is 2.14. The number of carbonyl (C=O) groups is 1. The number of hydrogen-bond acceptors (Lipinski definition) is 3. The molecule has 2 rings (SSSR count). The Morgan fingerprint density at radius 1 is 1.12 bits per heavy atom. The fourth-order valence-electron chi connectivity index (χ4n) is 2.46. The highest BCUT2D eigenvalue weighted by molar-refractivity contribution is 5.77. The predicted octanol–water partition coefficient (Wildman–Crippen LogP) is 2.66. The van der Waals surface area contributed by atoms with Gasteiger partial charge in [0, 0.05) is 12.6 Å². The molecule has 0 bridgehead atoms. The molecule has 1 atom stereocenters. The summed E-state index contributed by atoms with van der Waals surface area (Å²) in [5.41, 5.74) is 2.38. The van der Waals surface area contributed by atoms with Crippen LogP contribution in [0.2, 0.25) is 0 Å². The highest BCUT2D eigenvalue weighted by Crippen LogP contribution is 2.12. The van der Waals surface area contributed by atoms with Crippen molar-refractivity contribution in [2.75, 3.05) is 27.2 Å². The predicted molar refractivity (Wildman–Crippen MR) is 97.3 cm³/mol. The average Bonchev–Trinajstić information content (AvgIpc) is 2.57. The molecule has 0 fully saturated rings. The Morgan fingerprint density at radius 3 is 2.54 bits per heavy atom. The Balaban J connectivity index is 1.79. The monoisotopic (exact) mass is 326 g/mol. The van der Waals surface area contributed by atoms with Crippen LogP contribution in [0.4, 0.5) is 0 Å². The van der Waals surface area contributed by atoms with Gasteiger partial charge in [-0.1, -0.05) is 42.5 Å². The molecule has 0 aliphatic rings. The minimum Gasteiger partial charge on any atom is -0.484 e. The molecule has 0 saturated heterocycles. The van der Waals surface area contributed by atoms with Crippen LogP contribution in [0.3, 0.4) is 0 Å². The summed E-state index contributed by atoms with van der Waals surface area (Å²) < 4.78 is 5.53. The fraction of sp³-hybridized carbons (Fsp3) is 0.350. The molecule has 4 nitrogen and oxygen atoms in total. The Labute approximate surface area is 144 Å². The fourth-order valence-corrected chi connectivity index (χ4v) is 2.46. The van der Waals surface area contributed by atoms with E-state index >= 15 is 0 Å². The molecule has 0 saturated carbocycles. The van der Waals surface area contributed by atoms with Gasteiger partial charge in [-0.3, -0.25) is 4.79 Å². The number of nitrogens with one attached hydrogen (secondary N) is 1. The van der Waals surface area contributed by atoms with E-state index in [2.05, 4.69) is 22.3 Å². The summed E-state index contributed by atoms with van der Waals surface area (Å²) in [6.45, 7) is 2.63. The summed E-state index contributed by atoms with van der Waals surface area (Å²) in [5.74, 6) is 0.620. The average molecular weight is 326 g/mol. The quantitative estimate of drug-likeness (QED) is 0.811. The second-order valence-corrected chi connectivity index (χ2v) is 6.22. The third-order valence-electron chi connectivity index (χ3n) is 3.94. The summed E-state index contributed by atoms with van der Waals surface area (Å²) in [6, 6.07) is 18.3. The van der Waals surface area contributed by atoms with E-state index in [1.54, 1.807) is 0 Å². The molecule has 1 N–H and O–H groups in total. The lowest BCUT2D eigenvalue weighted by Gasteiger charge is -2.24. The number of hydrogen-bond donors (Lipinski definition) is 1. The van der Waals surface area contributed by atoms with Gasteiger partial charge in [0.05, 0.1) is 0 Å². The first-order chi connectivity index (χ1) is 11.5. The molecule has 4 heteroatoms.